The fourth-order valence-electron chi connectivity index (χ4n) is 11.3. The normalized spacial score (nSPS) is 14.1. The molecule has 0 aliphatic heterocycles. The van der Waals surface area contributed by atoms with E-state index in [-0.39, 0.29) is 25.7 Å². The minimum Gasteiger partial charge on any atom is -0.462 e. The molecule has 5 atom stereocenters. The van der Waals surface area contributed by atoms with Gasteiger partial charge in [-0.05, 0) is 37.5 Å². The van der Waals surface area contributed by atoms with Crippen molar-refractivity contribution in [1.29, 1.82) is 0 Å². The number of hydrogen-bond acceptors (Lipinski definition) is 15. The molecule has 19 heteroatoms. The largest absolute Gasteiger partial charge is 0.472 e. The third kappa shape index (κ3) is 68.4. The summed E-state index contributed by atoms with van der Waals surface area (Å²) in [6.45, 7) is 9.50. The summed E-state index contributed by atoms with van der Waals surface area (Å²) < 4.78 is 68.3. The number of aliphatic hydroxyl groups excluding tert-OH is 1. The molecule has 0 amide bonds. The third-order valence-electron chi connectivity index (χ3n) is 17.2. The Bertz CT molecular complexity index is 1800. The molecule has 0 rings (SSSR count). The van der Waals surface area contributed by atoms with E-state index in [1.54, 1.807) is 0 Å². The van der Waals surface area contributed by atoms with Crippen LogP contribution >= 0.6 is 15.6 Å². The van der Waals surface area contributed by atoms with Crippen LogP contribution < -0.4 is 0 Å². The van der Waals surface area contributed by atoms with Crippen LogP contribution in [-0.4, -0.2) is 96.7 Å². The number of carbonyl (C=O) groups is 4. The van der Waals surface area contributed by atoms with Crippen LogP contribution in [0.3, 0.4) is 0 Å². The zero-order valence-electron chi connectivity index (χ0n) is 60.6. The Morgan fingerprint density at radius 3 is 0.731 bits per heavy atom. The molecule has 0 bridgehead atoms. The van der Waals surface area contributed by atoms with Crippen molar-refractivity contribution >= 4 is 39.5 Å². The molecule has 0 aromatic carbocycles. The summed E-state index contributed by atoms with van der Waals surface area (Å²) in [5, 5.41) is 10.6. The standard InChI is InChI=1S/C74H144O17P2/c1-7-9-11-13-15-16-17-18-19-20-24-27-30-33-39-45-51-57-72(77)85-63-70(90-73(78)58-52-46-40-34-31-28-25-22-21-23-26-29-32-37-42-48-54-66(3)4)65-89-93(82,83)87-61-68(75)60-86-92(80,81)88-64-69(62-84-71(76)56-50-44-36-14-12-10-8-2)91-74(79)59-53-47-41-35-38-43-49-55-67(5)6/h66-70,75H,7-65H2,1-6H3,(H,80,81)(H,82,83)/t68-,69+,70+/m0/s1. The van der Waals surface area contributed by atoms with Crippen LogP contribution in [0.2, 0.25) is 0 Å². The first-order valence-corrected chi connectivity index (χ1v) is 41.5. The van der Waals surface area contributed by atoms with Crippen LogP contribution in [0.1, 0.15) is 382 Å². The highest BCUT2D eigenvalue weighted by atomic mass is 31.2. The van der Waals surface area contributed by atoms with Gasteiger partial charge < -0.3 is 33.8 Å². The van der Waals surface area contributed by atoms with E-state index in [1.807, 2.05) is 0 Å². The van der Waals surface area contributed by atoms with Crippen molar-refractivity contribution in [3.8, 4) is 0 Å². The van der Waals surface area contributed by atoms with Gasteiger partial charge in [-0.3, -0.25) is 37.3 Å². The number of rotatable bonds is 73. The molecule has 0 heterocycles. The van der Waals surface area contributed by atoms with Crippen LogP contribution in [-0.2, 0) is 65.4 Å². The second kappa shape index (κ2) is 66.0. The summed E-state index contributed by atoms with van der Waals surface area (Å²) in [5.74, 6) is -0.620. The Morgan fingerprint density at radius 2 is 0.495 bits per heavy atom. The van der Waals surface area contributed by atoms with Gasteiger partial charge in [0.05, 0.1) is 26.4 Å². The summed E-state index contributed by atoms with van der Waals surface area (Å²) in [5.41, 5.74) is 0. The van der Waals surface area contributed by atoms with Gasteiger partial charge in [0.25, 0.3) is 0 Å². The van der Waals surface area contributed by atoms with Crippen LogP contribution in [0.25, 0.3) is 0 Å². The van der Waals surface area contributed by atoms with Crippen LogP contribution in [0.5, 0.6) is 0 Å². The Morgan fingerprint density at radius 1 is 0.290 bits per heavy atom. The monoisotopic (exact) mass is 1370 g/mol. The summed E-state index contributed by atoms with van der Waals surface area (Å²) in [7, 11) is -9.90. The Balaban J connectivity index is 5.17. The van der Waals surface area contributed by atoms with Crippen LogP contribution in [0, 0.1) is 11.8 Å². The average Bonchev–Trinajstić information content (AvgIpc) is 1.99. The number of unbranched alkanes of at least 4 members (excludes halogenated alkanes) is 43. The molecule has 0 radical (unpaired) electrons. The van der Waals surface area contributed by atoms with Crippen molar-refractivity contribution in [2.24, 2.45) is 11.8 Å². The maximum absolute atomic E-state index is 13.1. The number of phosphoric acid groups is 2. The average molecular weight is 1370 g/mol. The minimum atomic E-state index is -4.95. The molecule has 0 aromatic rings. The van der Waals surface area contributed by atoms with Gasteiger partial charge in [-0.2, -0.15) is 0 Å². The number of phosphoric ester groups is 2. The lowest BCUT2D eigenvalue weighted by atomic mass is 10.0. The van der Waals surface area contributed by atoms with Crippen molar-refractivity contribution in [1.82, 2.24) is 0 Å². The van der Waals surface area contributed by atoms with Gasteiger partial charge in [-0.25, -0.2) is 9.13 Å². The molecule has 0 spiro atoms. The third-order valence-corrected chi connectivity index (χ3v) is 19.1. The molecule has 93 heavy (non-hydrogen) atoms. The number of ether oxygens (including phenoxy) is 4. The molecule has 3 N–H and O–H groups in total. The van der Waals surface area contributed by atoms with E-state index < -0.39 is 97.5 Å². The molecule has 0 saturated carbocycles. The van der Waals surface area contributed by atoms with Crippen molar-refractivity contribution in [2.75, 3.05) is 39.6 Å². The van der Waals surface area contributed by atoms with Crippen LogP contribution in [0.15, 0.2) is 0 Å². The zero-order chi connectivity index (χ0) is 68.6. The number of aliphatic hydroxyl groups is 1. The van der Waals surface area contributed by atoms with Crippen LogP contribution in [0.4, 0.5) is 0 Å². The first-order valence-electron chi connectivity index (χ1n) is 38.5. The van der Waals surface area contributed by atoms with E-state index >= 15 is 0 Å². The summed E-state index contributed by atoms with van der Waals surface area (Å²) in [4.78, 5) is 72.5. The Labute approximate surface area is 568 Å². The first kappa shape index (κ1) is 91.1. The van der Waals surface area contributed by atoms with E-state index in [9.17, 15) is 43.2 Å². The fourth-order valence-corrected chi connectivity index (χ4v) is 12.9. The molecule has 2 unspecified atom stereocenters. The van der Waals surface area contributed by atoms with E-state index in [4.69, 9.17) is 37.0 Å². The van der Waals surface area contributed by atoms with Crippen molar-refractivity contribution < 1.29 is 80.2 Å². The van der Waals surface area contributed by atoms with Gasteiger partial charge in [0, 0.05) is 25.7 Å². The summed E-state index contributed by atoms with van der Waals surface area (Å²) in [6.07, 6.45) is 53.1. The van der Waals surface area contributed by atoms with E-state index in [0.717, 1.165) is 109 Å². The van der Waals surface area contributed by atoms with Gasteiger partial charge in [-0.15, -0.1) is 0 Å². The molecule has 0 aliphatic rings. The topological polar surface area (TPSA) is 237 Å². The lowest BCUT2D eigenvalue weighted by molar-refractivity contribution is -0.161. The van der Waals surface area contributed by atoms with E-state index in [1.165, 1.54) is 186 Å². The van der Waals surface area contributed by atoms with Gasteiger partial charge >= 0.3 is 39.5 Å². The molecule has 0 fully saturated rings. The van der Waals surface area contributed by atoms with Gasteiger partial charge in [-0.1, -0.05) is 330 Å². The quantitative estimate of drug-likeness (QED) is 0.0222. The number of carbonyl (C=O) groups excluding carboxylic acids is 4. The first-order chi connectivity index (χ1) is 44.9. The van der Waals surface area contributed by atoms with Gasteiger partial charge in [0.15, 0.2) is 12.2 Å². The zero-order valence-corrected chi connectivity index (χ0v) is 62.3. The molecule has 0 aliphatic carbocycles. The van der Waals surface area contributed by atoms with Crippen molar-refractivity contribution in [3.63, 3.8) is 0 Å². The SMILES string of the molecule is CCCCCCCCCCCCCCCCCCCC(=O)OC[C@H](COP(=O)(O)OC[C@@H](O)COP(=O)(O)OC[C@@H](COC(=O)CCCCCCCCC)OC(=O)CCCCCCCCCC(C)C)OC(=O)CCCCCCCCCCCCCCCCCCC(C)C. The van der Waals surface area contributed by atoms with E-state index in [2.05, 4.69) is 41.5 Å². The van der Waals surface area contributed by atoms with Gasteiger partial charge in [0.1, 0.15) is 19.3 Å². The van der Waals surface area contributed by atoms with Crippen molar-refractivity contribution in [2.45, 2.75) is 400 Å². The Kier molecular flexibility index (Phi) is 64.6. The highest BCUT2D eigenvalue weighted by Gasteiger charge is 2.30. The lowest BCUT2D eigenvalue weighted by Crippen LogP contribution is -2.30. The minimum absolute atomic E-state index is 0.103. The number of hydrogen-bond donors (Lipinski definition) is 3. The van der Waals surface area contributed by atoms with Gasteiger partial charge in [0.2, 0.25) is 0 Å². The second-order valence-corrected chi connectivity index (χ2v) is 30.5. The predicted molar refractivity (Wildman–Crippen MR) is 377 cm³/mol. The molecular weight excluding hydrogens is 1220 g/mol. The fraction of sp³-hybridized carbons (Fsp3) is 0.946. The lowest BCUT2D eigenvalue weighted by Gasteiger charge is -2.21. The highest BCUT2D eigenvalue weighted by Crippen LogP contribution is 2.45. The maximum atomic E-state index is 13.1. The second-order valence-electron chi connectivity index (χ2n) is 27.6. The maximum Gasteiger partial charge on any atom is 0.472 e. The number of esters is 4. The van der Waals surface area contributed by atoms with E-state index in [0.29, 0.717) is 31.6 Å². The Hall–Kier alpha value is -1.94. The molecule has 552 valence electrons. The predicted octanol–water partition coefficient (Wildman–Crippen LogP) is 21.6. The summed E-state index contributed by atoms with van der Waals surface area (Å²) >= 11 is 0. The molecule has 17 nitrogen and oxygen atoms in total. The highest BCUT2D eigenvalue weighted by molar-refractivity contribution is 7.47. The molecular formula is C74H144O17P2. The van der Waals surface area contributed by atoms with Crippen molar-refractivity contribution in [3.05, 3.63) is 0 Å². The smallest absolute Gasteiger partial charge is 0.462 e. The molecule has 0 aromatic heterocycles. The summed E-state index contributed by atoms with van der Waals surface area (Å²) in [6, 6.07) is 0. The molecule has 0 saturated heterocycles.